The van der Waals surface area contributed by atoms with Crippen molar-refractivity contribution in [3.05, 3.63) is 71.6 Å². The van der Waals surface area contributed by atoms with E-state index in [0.29, 0.717) is 17.4 Å². The molecule has 2 aromatic carbocycles. The molecule has 0 saturated carbocycles. The third-order valence-corrected chi connectivity index (χ3v) is 4.53. The number of rotatable bonds is 6. The van der Waals surface area contributed by atoms with E-state index in [4.69, 9.17) is 4.42 Å². The summed E-state index contributed by atoms with van der Waals surface area (Å²) in [5, 5.41) is 2.53. The van der Waals surface area contributed by atoms with Crippen LogP contribution < -0.4 is 5.32 Å². The van der Waals surface area contributed by atoms with Crippen molar-refractivity contribution in [3.8, 4) is 11.5 Å². The number of hydrogen-bond acceptors (Lipinski definition) is 4. The molecular weight excluding hydrogens is 358 g/mol. The molecule has 1 heterocycles. The monoisotopic (exact) mass is 374 g/mol. The Balaban J connectivity index is 1.54. The fraction of sp³-hybridized carbons (Fsp3) is 0.158. The maximum atomic E-state index is 13.1. The number of halogens is 2. The number of benzene rings is 2. The molecule has 0 atom stereocenters. The summed E-state index contributed by atoms with van der Waals surface area (Å²) in [6.07, 6.45) is 0. The molecule has 0 spiro atoms. The van der Waals surface area contributed by atoms with Gasteiger partial charge in [0.15, 0.2) is 11.6 Å². The molecule has 0 fully saturated rings. The van der Waals surface area contributed by atoms with Crippen molar-refractivity contribution in [2.24, 2.45) is 0 Å². The zero-order valence-corrected chi connectivity index (χ0v) is 14.8. The normalized spacial score (nSPS) is 10.7. The molecule has 4 nitrogen and oxygen atoms in total. The Bertz CT molecular complexity index is 913. The second-order valence-corrected chi connectivity index (χ2v) is 6.54. The Kier molecular flexibility index (Phi) is 5.68. The first-order valence-corrected chi connectivity index (χ1v) is 9.03. The van der Waals surface area contributed by atoms with E-state index in [1.165, 1.54) is 17.8 Å². The molecule has 0 radical (unpaired) electrons. The van der Waals surface area contributed by atoms with Crippen LogP contribution in [0.2, 0.25) is 0 Å². The number of nitrogens with zero attached hydrogens (tertiary/aromatic N) is 1. The summed E-state index contributed by atoms with van der Waals surface area (Å²) in [6, 6.07) is 12.8. The van der Waals surface area contributed by atoms with Gasteiger partial charge in [0.2, 0.25) is 11.8 Å². The number of hydrogen-bond donors (Lipinski definition) is 1. The van der Waals surface area contributed by atoms with Gasteiger partial charge in [0.25, 0.3) is 0 Å². The van der Waals surface area contributed by atoms with Crippen molar-refractivity contribution in [3.63, 3.8) is 0 Å². The highest BCUT2D eigenvalue weighted by Gasteiger charge is 2.12. The zero-order valence-electron chi connectivity index (χ0n) is 14.0. The maximum Gasteiger partial charge on any atom is 0.234 e. The van der Waals surface area contributed by atoms with Crippen LogP contribution in [-0.4, -0.2) is 16.6 Å². The Morgan fingerprint density at radius 3 is 2.65 bits per heavy atom. The third-order valence-electron chi connectivity index (χ3n) is 3.59. The van der Waals surface area contributed by atoms with Gasteiger partial charge in [-0.05, 0) is 31.2 Å². The molecule has 0 bridgehead atoms. The molecule has 3 rings (SSSR count). The third kappa shape index (κ3) is 4.49. The van der Waals surface area contributed by atoms with E-state index in [1.807, 2.05) is 37.3 Å². The average molecular weight is 374 g/mol. The molecule has 7 heteroatoms. The van der Waals surface area contributed by atoms with Crippen LogP contribution in [0.5, 0.6) is 0 Å². The summed E-state index contributed by atoms with van der Waals surface area (Å²) >= 11 is 1.36. The number of aromatic nitrogens is 1. The average Bonchev–Trinajstić information content (AvgIpc) is 3.00. The highest BCUT2D eigenvalue weighted by molar-refractivity contribution is 7.99. The number of thioether (sulfide) groups is 1. The number of nitrogens with one attached hydrogen (secondary N) is 1. The van der Waals surface area contributed by atoms with Crippen molar-refractivity contribution < 1.29 is 18.0 Å². The number of oxazole rings is 1. The minimum absolute atomic E-state index is 0.159. The highest BCUT2D eigenvalue weighted by Crippen LogP contribution is 2.24. The minimum atomic E-state index is -0.998. The lowest BCUT2D eigenvalue weighted by atomic mass is 10.2. The maximum absolute atomic E-state index is 13.1. The van der Waals surface area contributed by atoms with Crippen molar-refractivity contribution in [2.45, 2.75) is 12.7 Å². The van der Waals surface area contributed by atoms with E-state index in [9.17, 15) is 13.6 Å². The molecule has 26 heavy (non-hydrogen) atoms. The first-order valence-electron chi connectivity index (χ1n) is 7.87. The molecule has 0 aliphatic carbocycles. The summed E-state index contributed by atoms with van der Waals surface area (Å²) in [7, 11) is 0. The van der Waals surface area contributed by atoms with Crippen molar-refractivity contribution >= 4 is 23.4 Å². The summed E-state index contributed by atoms with van der Waals surface area (Å²) in [5.74, 6) is -0.331. The van der Waals surface area contributed by atoms with Crippen molar-refractivity contribution in [1.82, 2.24) is 4.98 Å². The quantitative estimate of drug-likeness (QED) is 0.673. The van der Waals surface area contributed by atoms with E-state index in [0.717, 1.165) is 23.4 Å². The van der Waals surface area contributed by atoms with Gasteiger partial charge in [-0.15, -0.1) is 11.8 Å². The topological polar surface area (TPSA) is 55.1 Å². The molecule has 0 aliphatic rings. The van der Waals surface area contributed by atoms with Gasteiger partial charge < -0.3 is 9.73 Å². The summed E-state index contributed by atoms with van der Waals surface area (Å²) in [4.78, 5) is 16.4. The Labute approximate surface area is 153 Å². The van der Waals surface area contributed by atoms with Crippen LogP contribution in [0.15, 0.2) is 52.9 Å². The van der Waals surface area contributed by atoms with Gasteiger partial charge >= 0.3 is 0 Å². The van der Waals surface area contributed by atoms with E-state index >= 15 is 0 Å². The van der Waals surface area contributed by atoms with Crippen molar-refractivity contribution in [1.29, 1.82) is 0 Å². The lowest BCUT2D eigenvalue weighted by Crippen LogP contribution is -2.14. The molecular formula is C19H16F2N2O2S. The van der Waals surface area contributed by atoms with Crippen molar-refractivity contribution in [2.75, 3.05) is 11.1 Å². The highest BCUT2D eigenvalue weighted by atomic mass is 32.2. The van der Waals surface area contributed by atoms with E-state index in [-0.39, 0.29) is 17.3 Å². The predicted octanol–water partition coefficient (Wildman–Crippen LogP) is 4.80. The first kappa shape index (κ1) is 18.1. The second-order valence-electron chi connectivity index (χ2n) is 5.56. The van der Waals surface area contributed by atoms with Gasteiger partial charge in [-0.1, -0.05) is 18.2 Å². The lowest BCUT2D eigenvalue weighted by molar-refractivity contribution is -0.113. The summed E-state index contributed by atoms with van der Waals surface area (Å²) < 4.78 is 31.7. The molecule has 0 saturated heterocycles. The second kappa shape index (κ2) is 8.14. The summed E-state index contributed by atoms with van der Waals surface area (Å²) in [6.45, 7) is 1.83. The fourth-order valence-electron chi connectivity index (χ4n) is 2.28. The molecule has 1 N–H and O–H groups in total. The minimum Gasteiger partial charge on any atom is -0.441 e. The first-order chi connectivity index (χ1) is 12.5. The van der Waals surface area contributed by atoms with Crippen LogP contribution >= 0.6 is 11.8 Å². The Morgan fingerprint density at radius 1 is 1.15 bits per heavy atom. The van der Waals surface area contributed by atoms with Crippen LogP contribution in [-0.2, 0) is 10.5 Å². The standard InChI is InChI=1S/C19H16F2N2O2S/c1-12-17(23-19(25-12)13-5-3-2-4-6-13)10-26-11-18(24)22-14-7-8-15(20)16(21)9-14/h2-9H,10-11H2,1H3,(H,22,24). The number of carbonyl (C=O) groups is 1. The van der Waals surface area contributed by atoms with E-state index < -0.39 is 11.6 Å². The van der Waals surface area contributed by atoms with Crippen LogP contribution in [0.4, 0.5) is 14.5 Å². The molecule has 1 amide bonds. The predicted molar refractivity (Wildman–Crippen MR) is 97.8 cm³/mol. The van der Waals surface area contributed by atoms with Crippen LogP contribution in [0, 0.1) is 18.6 Å². The zero-order chi connectivity index (χ0) is 18.5. The number of carbonyl (C=O) groups excluding carboxylic acids is 1. The van der Waals surface area contributed by atoms with Gasteiger partial charge in [-0.2, -0.15) is 0 Å². The lowest BCUT2D eigenvalue weighted by Gasteiger charge is -2.05. The van der Waals surface area contributed by atoms with Gasteiger partial charge in [-0.3, -0.25) is 4.79 Å². The van der Waals surface area contributed by atoms with Crippen LogP contribution in [0.1, 0.15) is 11.5 Å². The Hall–Kier alpha value is -2.67. The van der Waals surface area contributed by atoms with E-state index in [2.05, 4.69) is 10.3 Å². The fourth-order valence-corrected chi connectivity index (χ4v) is 3.10. The van der Waals surface area contributed by atoms with Gasteiger partial charge in [0, 0.05) is 23.1 Å². The molecule has 1 aromatic heterocycles. The largest absolute Gasteiger partial charge is 0.441 e. The molecule has 3 aromatic rings. The molecule has 0 aliphatic heterocycles. The smallest absolute Gasteiger partial charge is 0.234 e. The number of aryl methyl sites for hydroxylation is 1. The molecule has 134 valence electrons. The Morgan fingerprint density at radius 2 is 1.92 bits per heavy atom. The SMILES string of the molecule is Cc1oc(-c2ccccc2)nc1CSCC(=O)Nc1ccc(F)c(F)c1. The number of anilines is 1. The van der Waals surface area contributed by atoms with Crippen LogP contribution in [0.25, 0.3) is 11.5 Å². The number of amides is 1. The summed E-state index contributed by atoms with van der Waals surface area (Å²) in [5.41, 5.74) is 1.89. The van der Waals surface area contributed by atoms with Gasteiger partial charge in [0.1, 0.15) is 5.76 Å². The molecule has 0 unspecified atom stereocenters. The van der Waals surface area contributed by atoms with Crippen LogP contribution in [0.3, 0.4) is 0 Å². The van der Waals surface area contributed by atoms with E-state index in [1.54, 1.807) is 0 Å². The van der Waals surface area contributed by atoms with Gasteiger partial charge in [-0.25, -0.2) is 13.8 Å². The van der Waals surface area contributed by atoms with Gasteiger partial charge in [0.05, 0.1) is 11.4 Å².